The van der Waals surface area contributed by atoms with Gasteiger partial charge >= 0.3 is 12.2 Å². The molecule has 0 radical (unpaired) electrons. The Morgan fingerprint density at radius 1 is 1.12 bits per heavy atom. The second-order valence-corrected chi connectivity index (χ2v) is 8.99. The summed E-state index contributed by atoms with van der Waals surface area (Å²) in [6, 6.07) is 5.91. The highest BCUT2D eigenvalue weighted by Gasteiger charge is 2.44. The van der Waals surface area contributed by atoms with E-state index >= 15 is 0 Å². The van der Waals surface area contributed by atoms with E-state index in [0.717, 1.165) is 32.2 Å². The first-order chi connectivity index (χ1) is 15.6. The van der Waals surface area contributed by atoms with Gasteiger partial charge < -0.3 is 10.2 Å². The molecule has 2 aromatic rings. The fraction of sp³-hybridized carbons (Fsp3) is 0.522. The number of alkyl halides is 3. The van der Waals surface area contributed by atoms with Crippen LogP contribution in [0.2, 0.25) is 0 Å². The molecule has 0 aliphatic carbocycles. The van der Waals surface area contributed by atoms with Crippen molar-refractivity contribution in [1.82, 2.24) is 19.6 Å². The Morgan fingerprint density at radius 3 is 2.52 bits per heavy atom. The van der Waals surface area contributed by atoms with Crippen molar-refractivity contribution in [3.05, 3.63) is 47.2 Å². The van der Waals surface area contributed by atoms with Crippen LogP contribution < -0.4 is 5.32 Å². The average molecular weight is 464 g/mol. The van der Waals surface area contributed by atoms with Crippen LogP contribution in [0.1, 0.15) is 49.3 Å². The molecule has 178 valence electrons. The summed E-state index contributed by atoms with van der Waals surface area (Å²) in [5, 5.41) is 6.66. The minimum atomic E-state index is -4.36. The third-order valence-electron chi connectivity index (χ3n) is 6.78. The van der Waals surface area contributed by atoms with Crippen molar-refractivity contribution in [1.29, 1.82) is 0 Å². The number of aryl methyl sites for hydroxylation is 1. The smallest absolute Gasteiger partial charge is 0.323 e. The van der Waals surface area contributed by atoms with Crippen LogP contribution in [-0.2, 0) is 17.5 Å². The first-order valence-corrected chi connectivity index (χ1v) is 11.1. The van der Waals surface area contributed by atoms with E-state index in [1.165, 1.54) is 30.8 Å². The number of amides is 2. The number of rotatable bonds is 3. The van der Waals surface area contributed by atoms with Gasteiger partial charge in [0.25, 0.3) is 0 Å². The number of nitrogens with zero attached hydrogens (tertiary/aromatic N) is 4. The molecule has 4 rings (SSSR count). The summed E-state index contributed by atoms with van der Waals surface area (Å²) < 4.78 is 41.2. The molecule has 2 aliphatic heterocycles. The van der Waals surface area contributed by atoms with Crippen LogP contribution in [0.5, 0.6) is 0 Å². The monoisotopic (exact) mass is 463 g/mol. The molecule has 10 heteroatoms. The quantitative estimate of drug-likeness (QED) is 0.738. The molecule has 0 unspecified atom stereocenters. The van der Waals surface area contributed by atoms with Crippen LogP contribution in [0.3, 0.4) is 0 Å². The topological polar surface area (TPSA) is 70.5 Å². The molecular weight excluding hydrogens is 435 g/mol. The van der Waals surface area contributed by atoms with E-state index < -0.39 is 11.7 Å². The van der Waals surface area contributed by atoms with E-state index in [1.807, 2.05) is 0 Å². The number of carbonyl (C=O) groups is 2. The molecule has 1 aromatic heterocycles. The van der Waals surface area contributed by atoms with Crippen molar-refractivity contribution >= 4 is 17.8 Å². The van der Waals surface area contributed by atoms with Gasteiger partial charge in [-0.3, -0.25) is 9.69 Å². The van der Waals surface area contributed by atoms with Crippen molar-refractivity contribution in [3.8, 4) is 0 Å². The zero-order valence-electron chi connectivity index (χ0n) is 18.8. The van der Waals surface area contributed by atoms with Crippen molar-refractivity contribution in [2.75, 3.05) is 25.0 Å². The van der Waals surface area contributed by atoms with Crippen molar-refractivity contribution in [2.45, 2.75) is 57.8 Å². The molecule has 0 saturated carbocycles. The van der Waals surface area contributed by atoms with Gasteiger partial charge in [0.05, 0.1) is 5.56 Å². The number of anilines is 1. The Bertz CT molecular complexity index is 1040. The number of carbonyl (C=O) groups excluding carboxylic acids is 2. The minimum Gasteiger partial charge on any atom is -0.323 e. The molecule has 1 N–H and O–H groups in total. The lowest BCUT2D eigenvalue weighted by atomic mass is 9.84. The fourth-order valence-corrected chi connectivity index (χ4v) is 5.04. The van der Waals surface area contributed by atoms with Crippen LogP contribution in [0.25, 0.3) is 0 Å². The number of benzene rings is 1. The van der Waals surface area contributed by atoms with Gasteiger partial charge in [0.15, 0.2) is 5.82 Å². The molecule has 2 amide bonds. The maximum Gasteiger partial charge on any atom is 0.416 e. The van der Waals surface area contributed by atoms with Crippen LogP contribution in [0.4, 0.5) is 23.8 Å². The second kappa shape index (κ2) is 8.81. The molecule has 1 aromatic carbocycles. The van der Waals surface area contributed by atoms with Gasteiger partial charge in [-0.15, -0.1) is 5.10 Å². The Morgan fingerprint density at radius 2 is 1.85 bits per heavy atom. The lowest BCUT2D eigenvalue weighted by Gasteiger charge is -2.45. The zero-order chi connectivity index (χ0) is 23.8. The third kappa shape index (κ3) is 4.90. The van der Waals surface area contributed by atoms with Crippen LogP contribution in [0.15, 0.2) is 30.5 Å². The van der Waals surface area contributed by atoms with Gasteiger partial charge in [0.2, 0.25) is 5.91 Å². The molecule has 7 nitrogen and oxygen atoms in total. The van der Waals surface area contributed by atoms with E-state index in [4.69, 9.17) is 0 Å². The number of nitrogens with one attached hydrogen (secondary N) is 1. The summed E-state index contributed by atoms with van der Waals surface area (Å²) in [6.07, 6.45) is 0.649. The maximum absolute atomic E-state index is 13.3. The Hall–Kier alpha value is -2.88. The minimum absolute atomic E-state index is 0.106. The Balaban J connectivity index is 1.42. The number of piperidine rings is 1. The normalized spacial score (nSPS) is 18.6. The summed E-state index contributed by atoms with van der Waals surface area (Å²) in [5.74, 6) is 0.0625. The van der Waals surface area contributed by atoms with Crippen molar-refractivity contribution in [3.63, 3.8) is 0 Å². The van der Waals surface area contributed by atoms with Crippen molar-refractivity contribution < 1.29 is 22.8 Å². The van der Waals surface area contributed by atoms with Crippen molar-refractivity contribution in [2.24, 2.45) is 0 Å². The highest BCUT2D eigenvalue weighted by atomic mass is 19.4. The lowest BCUT2D eigenvalue weighted by molar-refractivity contribution is -0.138. The van der Waals surface area contributed by atoms with Crippen LogP contribution in [0, 0.1) is 6.92 Å². The lowest BCUT2D eigenvalue weighted by Crippen LogP contribution is -2.53. The van der Waals surface area contributed by atoms with Gasteiger partial charge in [-0.05, 0) is 56.3 Å². The first-order valence-electron chi connectivity index (χ1n) is 11.1. The van der Waals surface area contributed by atoms with Gasteiger partial charge in [0, 0.05) is 44.4 Å². The summed E-state index contributed by atoms with van der Waals surface area (Å²) in [5.41, 5.74) is 0.210. The standard InChI is InChI=1S/C23H28F3N5O2/c1-16-4-5-18(14-19(16)23(24,25)26)15-30-10-3-7-22(30)8-12-29(13-9-22)21(33)31-11-6-20(28-31)27-17(2)32/h4-6,11,14H,3,7-10,12-13,15H2,1-2H3,(H,27,28,32). The Kier molecular flexibility index (Phi) is 6.22. The molecule has 1 spiro atoms. The second-order valence-electron chi connectivity index (χ2n) is 8.99. The first kappa shape index (κ1) is 23.3. The molecule has 2 saturated heterocycles. The fourth-order valence-electron chi connectivity index (χ4n) is 5.04. The van der Waals surface area contributed by atoms with Gasteiger partial charge in [-0.25, -0.2) is 4.79 Å². The molecule has 2 aliphatic rings. The van der Waals surface area contributed by atoms with Crippen LogP contribution in [-0.4, -0.2) is 56.7 Å². The summed E-state index contributed by atoms with van der Waals surface area (Å²) in [6.45, 7) is 5.26. The molecule has 0 atom stereocenters. The van der Waals surface area contributed by atoms with E-state index in [2.05, 4.69) is 15.3 Å². The summed E-state index contributed by atoms with van der Waals surface area (Å²) in [7, 11) is 0. The van der Waals surface area contributed by atoms with Crippen LogP contribution >= 0.6 is 0 Å². The van der Waals surface area contributed by atoms with Gasteiger partial charge in [0.1, 0.15) is 0 Å². The largest absolute Gasteiger partial charge is 0.416 e. The average Bonchev–Trinajstić information content (AvgIpc) is 3.36. The summed E-state index contributed by atoms with van der Waals surface area (Å²) in [4.78, 5) is 28.0. The predicted molar refractivity (Wildman–Crippen MR) is 117 cm³/mol. The number of hydrogen-bond acceptors (Lipinski definition) is 4. The van der Waals surface area contributed by atoms with Gasteiger partial charge in [-0.1, -0.05) is 12.1 Å². The van der Waals surface area contributed by atoms with E-state index in [0.29, 0.717) is 31.0 Å². The zero-order valence-corrected chi connectivity index (χ0v) is 18.8. The highest BCUT2D eigenvalue weighted by molar-refractivity contribution is 5.88. The van der Waals surface area contributed by atoms with Gasteiger partial charge in [-0.2, -0.15) is 17.9 Å². The van der Waals surface area contributed by atoms with E-state index in [9.17, 15) is 22.8 Å². The number of hydrogen-bond donors (Lipinski definition) is 1. The molecule has 0 bridgehead atoms. The third-order valence-corrected chi connectivity index (χ3v) is 6.78. The SMILES string of the molecule is CC(=O)Nc1ccn(C(=O)N2CCC3(CCCN3Cc3ccc(C)c(C(F)(F)F)c3)CC2)n1. The number of aromatic nitrogens is 2. The number of likely N-dealkylation sites (tertiary alicyclic amines) is 2. The highest BCUT2D eigenvalue weighted by Crippen LogP contribution is 2.40. The van der Waals surface area contributed by atoms with E-state index in [1.54, 1.807) is 23.1 Å². The maximum atomic E-state index is 13.3. The molecule has 33 heavy (non-hydrogen) atoms. The molecule has 3 heterocycles. The number of halogens is 3. The van der Waals surface area contributed by atoms with E-state index in [-0.39, 0.29) is 23.0 Å². The predicted octanol–water partition coefficient (Wildman–Crippen LogP) is 4.27. The molecular formula is C23H28F3N5O2. The Labute approximate surface area is 190 Å². The molecule has 2 fully saturated rings. The summed E-state index contributed by atoms with van der Waals surface area (Å²) >= 11 is 0.